The Morgan fingerprint density at radius 2 is 1.74 bits per heavy atom. The Bertz CT molecular complexity index is 1480. The maximum absolute atomic E-state index is 13.6. The fraction of sp³-hybridized carbons (Fsp3) is 0.194. The maximum atomic E-state index is 13.6. The SMILES string of the molecule is CCOC(=O)C1=C(c2ccccc2)N=C2SC=C(CC(=O)NCc3ccc(F)cc3)N2C1c1ccccc1C. The van der Waals surface area contributed by atoms with Crippen LogP contribution in [0.5, 0.6) is 0 Å². The van der Waals surface area contributed by atoms with Gasteiger partial charge in [-0.15, -0.1) is 0 Å². The molecule has 0 saturated carbocycles. The highest BCUT2D eigenvalue weighted by Crippen LogP contribution is 2.47. The smallest absolute Gasteiger partial charge is 0.338 e. The molecule has 1 unspecified atom stereocenters. The molecule has 3 aromatic rings. The first-order valence-electron chi connectivity index (χ1n) is 12.7. The van der Waals surface area contributed by atoms with E-state index in [9.17, 15) is 14.0 Å². The molecular formula is C31H28FN3O3S. The van der Waals surface area contributed by atoms with Crippen LogP contribution in [0.25, 0.3) is 5.70 Å². The van der Waals surface area contributed by atoms with Crippen molar-refractivity contribution in [2.24, 2.45) is 4.99 Å². The van der Waals surface area contributed by atoms with E-state index in [-0.39, 0.29) is 31.3 Å². The van der Waals surface area contributed by atoms with E-state index >= 15 is 0 Å². The van der Waals surface area contributed by atoms with Gasteiger partial charge < -0.3 is 15.0 Å². The number of hydrogen-bond acceptors (Lipinski definition) is 6. The van der Waals surface area contributed by atoms with Crippen molar-refractivity contribution in [3.05, 3.63) is 124 Å². The quantitative estimate of drug-likeness (QED) is 0.348. The Labute approximate surface area is 231 Å². The van der Waals surface area contributed by atoms with Crippen molar-refractivity contribution in [1.29, 1.82) is 0 Å². The van der Waals surface area contributed by atoms with Gasteiger partial charge in [0.1, 0.15) is 5.82 Å². The second-order valence-electron chi connectivity index (χ2n) is 9.18. The van der Waals surface area contributed by atoms with Crippen LogP contribution in [0.3, 0.4) is 0 Å². The molecule has 5 rings (SSSR count). The standard InChI is InChI=1S/C31H28FN3O3S/c1-3-38-30(37)27-28(22-10-5-4-6-11-22)34-31-35(29(27)25-12-8-7-9-20(25)2)24(19-39-31)17-26(36)33-18-21-13-15-23(32)16-14-21/h4-16,19,29H,3,17-18H2,1-2H3,(H,33,36). The van der Waals surface area contributed by atoms with Gasteiger partial charge in [0, 0.05) is 17.8 Å². The van der Waals surface area contributed by atoms with Crippen LogP contribution < -0.4 is 5.32 Å². The molecule has 2 heterocycles. The molecule has 0 radical (unpaired) electrons. The minimum absolute atomic E-state index is 0.0897. The monoisotopic (exact) mass is 541 g/mol. The number of benzene rings is 3. The van der Waals surface area contributed by atoms with Gasteiger partial charge in [0.05, 0.1) is 30.3 Å². The largest absolute Gasteiger partial charge is 0.463 e. The molecule has 1 amide bonds. The number of nitrogens with zero attached hydrogens (tertiary/aromatic N) is 2. The highest BCUT2D eigenvalue weighted by atomic mass is 32.2. The van der Waals surface area contributed by atoms with Crippen LogP contribution in [0.1, 0.15) is 41.6 Å². The molecule has 0 aliphatic carbocycles. The summed E-state index contributed by atoms with van der Waals surface area (Å²) < 4.78 is 18.8. The molecule has 3 aromatic carbocycles. The minimum atomic E-state index is -0.529. The molecule has 0 aromatic heterocycles. The van der Waals surface area contributed by atoms with E-state index in [2.05, 4.69) is 5.32 Å². The third-order valence-corrected chi connectivity index (χ3v) is 7.47. The predicted octanol–water partition coefficient (Wildman–Crippen LogP) is 6.12. The van der Waals surface area contributed by atoms with Gasteiger partial charge in [0.2, 0.25) is 5.91 Å². The van der Waals surface area contributed by atoms with Gasteiger partial charge in [-0.3, -0.25) is 4.79 Å². The van der Waals surface area contributed by atoms with Crippen molar-refractivity contribution >= 4 is 34.5 Å². The van der Waals surface area contributed by atoms with Gasteiger partial charge in [-0.25, -0.2) is 14.2 Å². The van der Waals surface area contributed by atoms with Crippen LogP contribution in [0.4, 0.5) is 4.39 Å². The van der Waals surface area contributed by atoms with Gasteiger partial charge in [0.25, 0.3) is 0 Å². The van der Waals surface area contributed by atoms with E-state index in [1.165, 1.54) is 23.9 Å². The molecule has 0 fully saturated rings. The minimum Gasteiger partial charge on any atom is -0.463 e. The number of halogens is 1. The summed E-state index contributed by atoms with van der Waals surface area (Å²) >= 11 is 1.43. The Morgan fingerprint density at radius 1 is 1.03 bits per heavy atom. The second kappa shape index (κ2) is 11.7. The predicted molar refractivity (Wildman–Crippen MR) is 152 cm³/mol. The molecule has 1 N–H and O–H groups in total. The van der Waals surface area contributed by atoms with Crippen LogP contribution in [-0.2, 0) is 20.9 Å². The zero-order valence-electron chi connectivity index (χ0n) is 21.7. The maximum Gasteiger partial charge on any atom is 0.338 e. The number of aryl methyl sites for hydroxylation is 1. The number of amides is 1. The van der Waals surface area contributed by atoms with E-state index in [1.807, 2.05) is 71.8 Å². The second-order valence-corrected chi connectivity index (χ2v) is 10.0. The molecule has 1 atom stereocenters. The molecule has 0 saturated heterocycles. The van der Waals surface area contributed by atoms with Gasteiger partial charge in [-0.1, -0.05) is 78.5 Å². The molecule has 0 bridgehead atoms. The molecule has 198 valence electrons. The van der Waals surface area contributed by atoms with Gasteiger partial charge in [0.15, 0.2) is 5.17 Å². The first-order valence-corrected chi connectivity index (χ1v) is 13.6. The third kappa shape index (κ3) is 5.66. The lowest BCUT2D eigenvalue weighted by molar-refractivity contribution is -0.139. The van der Waals surface area contributed by atoms with Gasteiger partial charge in [-0.05, 0) is 48.1 Å². The molecule has 39 heavy (non-hydrogen) atoms. The number of carbonyl (C=O) groups excluding carboxylic acids is 2. The lowest BCUT2D eigenvalue weighted by Crippen LogP contribution is -2.38. The van der Waals surface area contributed by atoms with E-state index in [0.29, 0.717) is 16.4 Å². The van der Waals surface area contributed by atoms with Crippen LogP contribution in [0.15, 0.2) is 101 Å². The summed E-state index contributed by atoms with van der Waals surface area (Å²) in [4.78, 5) is 33.5. The fourth-order valence-corrected chi connectivity index (χ4v) is 5.62. The van der Waals surface area contributed by atoms with E-state index in [1.54, 1.807) is 19.1 Å². The van der Waals surface area contributed by atoms with Crippen molar-refractivity contribution in [1.82, 2.24) is 10.2 Å². The summed E-state index contributed by atoms with van der Waals surface area (Å²) in [6.07, 6.45) is 0.0897. The number of carbonyl (C=O) groups is 2. The van der Waals surface area contributed by atoms with Gasteiger partial charge >= 0.3 is 5.97 Å². The van der Waals surface area contributed by atoms with Crippen molar-refractivity contribution in [3.63, 3.8) is 0 Å². The number of aliphatic imine (C=N–C) groups is 1. The normalized spacial score (nSPS) is 16.4. The Balaban J connectivity index is 1.52. The van der Waals surface area contributed by atoms with Crippen LogP contribution >= 0.6 is 11.8 Å². The topological polar surface area (TPSA) is 71.0 Å². The number of ether oxygens (including phenoxy) is 1. The number of esters is 1. The number of nitrogens with one attached hydrogen (secondary N) is 1. The summed E-state index contributed by atoms with van der Waals surface area (Å²) in [5, 5.41) is 5.52. The average molecular weight is 542 g/mol. The first-order chi connectivity index (χ1) is 19.0. The van der Waals surface area contributed by atoms with Crippen molar-refractivity contribution in [2.45, 2.75) is 32.9 Å². The number of rotatable bonds is 8. The summed E-state index contributed by atoms with van der Waals surface area (Å²) in [5.41, 5.74) is 5.29. The van der Waals surface area contributed by atoms with Crippen LogP contribution in [0, 0.1) is 12.7 Å². The number of thioether (sulfide) groups is 1. The molecule has 8 heteroatoms. The van der Waals surface area contributed by atoms with Gasteiger partial charge in [-0.2, -0.15) is 0 Å². The van der Waals surface area contributed by atoms with Crippen LogP contribution in [-0.4, -0.2) is 28.6 Å². The summed E-state index contributed by atoms with van der Waals surface area (Å²) in [5.74, 6) is -0.950. The number of hydrogen-bond donors (Lipinski definition) is 1. The Morgan fingerprint density at radius 3 is 2.46 bits per heavy atom. The van der Waals surface area contributed by atoms with E-state index < -0.39 is 12.0 Å². The zero-order valence-corrected chi connectivity index (χ0v) is 22.5. The molecule has 2 aliphatic rings. The van der Waals surface area contributed by atoms with Crippen LogP contribution in [0.2, 0.25) is 0 Å². The van der Waals surface area contributed by atoms with E-state index in [4.69, 9.17) is 9.73 Å². The third-order valence-electron chi connectivity index (χ3n) is 6.58. The summed E-state index contributed by atoms with van der Waals surface area (Å²) in [6, 6.07) is 23.0. The number of amidine groups is 1. The molecule has 2 aliphatic heterocycles. The summed E-state index contributed by atoms with van der Waals surface area (Å²) in [6.45, 7) is 4.30. The van der Waals surface area contributed by atoms with Crippen molar-refractivity contribution in [2.75, 3.05) is 6.61 Å². The van der Waals surface area contributed by atoms with E-state index in [0.717, 1.165) is 28.0 Å². The molecular weight excluding hydrogens is 513 g/mol. The molecule has 6 nitrogen and oxygen atoms in total. The highest BCUT2D eigenvalue weighted by molar-refractivity contribution is 8.16. The summed E-state index contributed by atoms with van der Waals surface area (Å²) in [7, 11) is 0. The lowest BCUT2D eigenvalue weighted by Gasteiger charge is -2.37. The van der Waals surface area contributed by atoms with Crippen molar-refractivity contribution in [3.8, 4) is 0 Å². The fourth-order valence-electron chi connectivity index (χ4n) is 4.71. The molecule has 0 spiro atoms. The lowest BCUT2D eigenvalue weighted by atomic mass is 9.89. The Hall–Kier alpha value is -4.17. The zero-order chi connectivity index (χ0) is 27.4. The highest BCUT2D eigenvalue weighted by Gasteiger charge is 2.42. The Kier molecular flexibility index (Phi) is 7.93. The van der Waals surface area contributed by atoms with Crippen molar-refractivity contribution < 1.29 is 18.7 Å². The first kappa shape index (κ1) is 26.4. The average Bonchev–Trinajstić information content (AvgIpc) is 3.35. The number of fused-ring (bicyclic) bond motifs is 1.